The standard InChI is InChI=1S/C10H14N2O3/c1-5-9(15-6(2)12-5)7-3-11-4-8(7)10(13)14/h7-8,11H,3-4H2,1-2H3,(H,13,14). The average molecular weight is 210 g/mol. The summed E-state index contributed by atoms with van der Waals surface area (Å²) in [7, 11) is 0. The smallest absolute Gasteiger partial charge is 0.308 e. The van der Waals surface area contributed by atoms with Gasteiger partial charge in [0.25, 0.3) is 0 Å². The van der Waals surface area contributed by atoms with Gasteiger partial charge in [-0.05, 0) is 6.92 Å². The van der Waals surface area contributed by atoms with Crippen LogP contribution in [-0.2, 0) is 4.79 Å². The molecule has 0 saturated carbocycles. The first-order valence-electron chi connectivity index (χ1n) is 4.97. The van der Waals surface area contributed by atoms with E-state index in [1.807, 2.05) is 6.92 Å². The van der Waals surface area contributed by atoms with Gasteiger partial charge in [0.1, 0.15) is 5.76 Å². The number of carboxylic acids is 1. The van der Waals surface area contributed by atoms with Gasteiger partial charge >= 0.3 is 5.97 Å². The van der Waals surface area contributed by atoms with E-state index in [0.717, 1.165) is 5.69 Å². The number of hydrogen-bond acceptors (Lipinski definition) is 4. The van der Waals surface area contributed by atoms with Gasteiger partial charge in [-0.1, -0.05) is 0 Å². The largest absolute Gasteiger partial charge is 0.481 e. The number of rotatable bonds is 2. The van der Waals surface area contributed by atoms with Crippen molar-refractivity contribution in [3.8, 4) is 0 Å². The Morgan fingerprint density at radius 2 is 2.27 bits per heavy atom. The highest BCUT2D eigenvalue weighted by Gasteiger charge is 2.37. The highest BCUT2D eigenvalue weighted by atomic mass is 16.4. The molecule has 2 atom stereocenters. The molecule has 82 valence electrons. The number of oxazole rings is 1. The molecule has 1 aromatic rings. The lowest BCUT2D eigenvalue weighted by molar-refractivity contribution is -0.141. The second kappa shape index (κ2) is 3.66. The molecular weight excluding hydrogens is 196 g/mol. The first kappa shape index (κ1) is 10.2. The third-order valence-corrected chi connectivity index (χ3v) is 2.81. The molecule has 5 heteroatoms. The van der Waals surface area contributed by atoms with Crippen LogP contribution in [0.25, 0.3) is 0 Å². The van der Waals surface area contributed by atoms with Crippen molar-refractivity contribution in [1.29, 1.82) is 0 Å². The van der Waals surface area contributed by atoms with Crippen LogP contribution in [-0.4, -0.2) is 29.1 Å². The molecule has 1 saturated heterocycles. The minimum absolute atomic E-state index is 0.0938. The Bertz CT molecular complexity index is 386. The molecule has 0 aromatic carbocycles. The number of aromatic nitrogens is 1. The Morgan fingerprint density at radius 3 is 2.80 bits per heavy atom. The van der Waals surface area contributed by atoms with Gasteiger partial charge in [-0.3, -0.25) is 4.79 Å². The molecule has 0 bridgehead atoms. The average Bonchev–Trinajstić information content (AvgIpc) is 2.71. The summed E-state index contributed by atoms with van der Waals surface area (Å²) in [6.07, 6.45) is 0. The normalized spacial score (nSPS) is 25.7. The zero-order valence-electron chi connectivity index (χ0n) is 8.78. The lowest BCUT2D eigenvalue weighted by Gasteiger charge is -2.11. The molecule has 2 rings (SSSR count). The van der Waals surface area contributed by atoms with Crippen LogP contribution in [0.4, 0.5) is 0 Å². The minimum atomic E-state index is -0.779. The van der Waals surface area contributed by atoms with Gasteiger partial charge in [0.15, 0.2) is 5.89 Å². The molecule has 1 fully saturated rings. The molecular formula is C10H14N2O3. The van der Waals surface area contributed by atoms with Crippen molar-refractivity contribution in [2.45, 2.75) is 19.8 Å². The lowest BCUT2D eigenvalue weighted by atomic mass is 9.93. The summed E-state index contributed by atoms with van der Waals surface area (Å²) in [5.41, 5.74) is 0.799. The highest BCUT2D eigenvalue weighted by molar-refractivity contribution is 5.72. The van der Waals surface area contributed by atoms with Crippen LogP contribution in [0.1, 0.15) is 23.3 Å². The van der Waals surface area contributed by atoms with Gasteiger partial charge in [-0.2, -0.15) is 0 Å². The second-order valence-corrected chi connectivity index (χ2v) is 3.89. The number of nitrogens with zero attached hydrogens (tertiary/aromatic N) is 1. The molecule has 2 heterocycles. The van der Waals surface area contributed by atoms with E-state index in [2.05, 4.69) is 10.3 Å². The van der Waals surface area contributed by atoms with Crippen LogP contribution in [0.3, 0.4) is 0 Å². The highest BCUT2D eigenvalue weighted by Crippen LogP contribution is 2.30. The van der Waals surface area contributed by atoms with Crippen molar-refractivity contribution in [2.75, 3.05) is 13.1 Å². The van der Waals surface area contributed by atoms with Crippen molar-refractivity contribution < 1.29 is 14.3 Å². The Balaban J connectivity index is 2.30. The first-order chi connectivity index (χ1) is 7.09. The van der Waals surface area contributed by atoms with Crippen LogP contribution >= 0.6 is 0 Å². The summed E-state index contributed by atoms with van der Waals surface area (Å²) in [6, 6.07) is 0. The Morgan fingerprint density at radius 1 is 1.53 bits per heavy atom. The Labute approximate surface area is 87.5 Å². The maximum absolute atomic E-state index is 11.0. The summed E-state index contributed by atoms with van der Waals surface area (Å²) in [6.45, 7) is 4.77. The number of carbonyl (C=O) groups is 1. The molecule has 1 aliphatic heterocycles. The third-order valence-electron chi connectivity index (χ3n) is 2.81. The predicted molar refractivity (Wildman–Crippen MR) is 52.7 cm³/mol. The van der Waals surface area contributed by atoms with E-state index < -0.39 is 11.9 Å². The van der Waals surface area contributed by atoms with Crippen molar-refractivity contribution in [3.05, 3.63) is 17.3 Å². The van der Waals surface area contributed by atoms with Gasteiger partial charge in [0.05, 0.1) is 11.6 Å². The summed E-state index contributed by atoms with van der Waals surface area (Å²) in [5, 5.41) is 12.1. The first-order valence-corrected chi connectivity index (χ1v) is 4.97. The van der Waals surface area contributed by atoms with E-state index in [1.54, 1.807) is 6.92 Å². The molecule has 1 aliphatic rings. The number of carboxylic acid groups (broad SMARTS) is 1. The van der Waals surface area contributed by atoms with Crippen molar-refractivity contribution >= 4 is 5.97 Å². The van der Waals surface area contributed by atoms with Gasteiger partial charge in [-0.25, -0.2) is 4.98 Å². The van der Waals surface area contributed by atoms with E-state index in [0.29, 0.717) is 24.7 Å². The summed E-state index contributed by atoms with van der Waals surface area (Å²) >= 11 is 0. The molecule has 0 radical (unpaired) electrons. The fraction of sp³-hybridized carbons (Fsp3) is 0.600. The number of hydrogen-bond donors (Lipinski definition) is 2. The van der Waals surface area contributed by atoms with Crippen LogP contribution in [0, 0.1) is 19.8 Å². The zero-order chi connectivity index (χ0) is 11.0. The molecule has 5 nitrogen and oxygen atoms in total. The molecule has 0 spiro atoms. The topological polar surface area (TPSA) is 75.4 Å². The monoisotopic (exact) mass is 210 g/mol. The summed E-state index contributed by atoms with van der Waals surface area (Å²) in [5.74, 6) is 0.0293. The van der Waals surface area contributed by atoms with E-state index >= 15 is 0 Å². The maximum Gasteiger partial charge on any atom is 0.308 e. The van der Waals surface area contributed by atoms with Gasteiger partial charge in [0, 0.05) is 25.9 Å². The molecule has 0 amide bonds. The van der Waals surface area contributed by atoms with Crippen LogP contribution in [0.15, 0.2) is 4.42 Å². The second-order valence-electron chi connectivity index (χ2n) is 3.89. The Hall–Kier alpha value is -1.36. The fourth-order valence-electron chi connectivity index (χ4n) is 2.10. The van der Waals surface area contributed by atoms with Crippen molar-refractivity contribution in [3.63, 3.8) is 0 Å². The SMILES string of the molecule is Cc1nc(C)c(C2CNCC2C(=O)O)o1. The van der Waals surface area contributed by atoms with Crippen LogP contribution in [0.5, 0.6) is 0 Å². The van der Waals surface area contributed by atoms with Crippen LogP contribution < -0.4 is 5.32 Å². The lowest BCUT2D eigenvalue weighted by Crippen LogP contribution is -2.21. The zero-order valence-corrected chi connectivity index (χ0v) is 8.78. The molecule has 15 heavy (non-hydrogen) atoms. The summed E-state index contributed by atoms with van der Waals surface area (Å²) < 4.78 is 5.46. The van der Waals surface area contributed by atoms with E-state index in [9.17, 15) is 4.79 Å². The molecule has 0 aliphatic carbocycles. The Kier molecular flexibility index (Phi) is 2.48. The fourth-order valence-corrected chi connectivity index (χ4v) is 2.10. The van der Waals surface area contributed by atoms with E-state index in [-0.39, 0.29) is 5.92 Å². The summed E-state index contributed by atoms with van der Waals surface area (Å²) in [4.78, 5) is 15.2. The minimum Gasteiger partial charge on any atom is -0.481 e. The van der Waals surface area contributed by atoms with Gasteiger partial charge in [0.2, 0.25) is 0 Å². The number of nitrogens with one attached hydrogen (secondary N) is 1. The van der Waals surface area contributed by atoms with Gasteiger partial charge in [-0.15, -0.1) is 0 Å². The maximum atomic E-state index is 11.0. The molecule has 1 aromatic heterocycles. The number of aryl methyl sites for hydroxylation is 2. The third kappa shape index (κ3) is 1.74. The van der Waals surface area contributed by atoms with E-state index in [4.69, 9.17) is 9.52 Å². The van der Waals surface area contributed by atoms with E-state index in [1.165, 1.54) is 0 Å². The van der Waals surface area contributed by atoms with Crippen LogP contribution in [0.2, 0.25) is 0 Å². The predicted octanol–water partition coefficient (Wildman–Crippen LogP) is 0.679. The number of aliphatic carboxylic acids is 1. The van der Waals surface area contributed by atoms with Gasteiger partial charge < -0.3 is 14.8 Å². The van der Waals surface area contributed by atoms with Crippen molar-refractivity contribution in [2.24, 2.45) is 5.92 Å². The van der Waals surface area contributed by atoms with Crippen molar-refractivity contribution in [1.82, 2.24) is 10.3 Å². The molecule has 2 N–H and O–H groups in total. The quantitative estimate of drug-likeness (QED) is 0.750. The molecule has 2 unspecified atom stereocenters.